The third kappa shape index (κ3) is 3.33. The third-order valence-corrected chi connectivity index (χ3v) is 2.68. The molecule has 0 bridgehead atoms. The van der Waals surface area contributed by atoms with Crippen molar-refractivity contribution in [2.45, 2.75) is 6.42 Å². The minimum absolute atomic E-state index is 0. The first kappa shape index (κ1) is 14.2. The Morgan fingerprint density at radius 3 is 2.33 bits per heavy atom. The van der Waals surface area contributed by atoms with Gasteiger partial charge in [-0.2, -0.15) is 5.26 Å². The molecule has 2 aromatic carbocycles. The second-order valence-electron chi connectivity index (χ2n) is 3.93. The zero-order valence-electron chi connectivity index (χ0n) is 9.97. The number of benzene rings is 2. The van der Waals surface area contributed by atoms with Crippen LogP contribution in [0.25, 0.3) is 11.1 Å². The molecule has 2 rings (SSSR count). The smallest absolute Gasteiger partial charge is 0.0991 e. The van der Waals surface area contributed by atoms with Gasteiger partial charge in [0.2, 0.25) is 0 Å². The molecule has 0 aromatic heterocycles. The monoisotopic (exact) mass is 258 g/mol. The summed E-state index contributed by atoms with van der Waals surface area (Å²) in [6.07, 6.45) is 0.881. The summed E-state index contributed by atoms with van der Waals surface area (Å²) in [5.74, 6) is 0. The zero-order chi connectivity index (χ0) is 12.1. The van der Waals surface area contributed by atoms with Gasteiger partial charge in [0.15, 0.2) is 0 Å². The Balaban J connectivity index is 0.00000162. The molecule has 92 valence electrons. The molecular weight excluding hydrogens is 244 g/mol. The number of halogens is 1. The van der Waals surface area contributed by atoms with Gasteiger partial charge >= 0.3 is 0 Å². The van der Waals surface area contributed by atoms with E-state index in [2.05, 4.69) is 24.3 Å². The van der Waals surface area contributed by atoms with E-state index < -0.39 is 0 Å². The molecule has 0 amide bonds. The molecule has 2 aromatic rings. The summed E-state index contributed by atoms with van der Waals surface area (Å²) >= 11 is 0. The number of nitrogens with zero attached hydrogens (tertiary/aromatic N) is 1. The molecule has 0 aliphatic rings. The molecule has 0 unspecified atom stereocenters. The molecule has 3 heteroatoms. The second-order valence-corrected chi connectivity index (χ2v) is 3.93. The van der Waals surface area contributed by atoms with Crippen molar-refractivity contribution in [1.82, 2.24) is 0 Å². The SMILES string of the molecule is Cl.N#Cc1cccc(-c2cccc(CCN)c2)c1. The van der Waals surface area contributed by atoms with Gasteiger partial charge in [-0.3, -0.25) is 0 Å². The lowest BCUT2D eigenvalue weighted by atomic mass is 10.0. The molecule has 0 atom stereocenters. The van der Waals surface area contributed by atoms with Crippen molar-refractivity contribution in [1.29, 1.82) is 5.26 Å². The summed E-state index contributed by atoms with van der Waals surface area (Å²) in [7, 11) is 0. The maximum absolute atomic E-state index is 8.88. The van der Waals surface area contributed by atoms with E-state index in [0.29, 0.717) is 12.1 Å². The van der Waals surface area contributed by atoms with Crippen LogP contribution in [0.5, 0.6) is 0 Å². The van der Waals surface area contributed by atoms with Crippen molar-refractivity contribution in [2.75, 3.05) is 6.54 Å². The fourth-order valence-electron chi connectivity index (χ4n) is 1.84. The largest absolute Gasteiger partial charge is 0.330 e. The van der Waals surface area contributed by atoms with E-state index in [-0.39, 0.29) is 12.4 Å². The van der Waals surface area contributed by atoms with Crippen molar-refractivity contribution in [3.05, 3.63) is 59.7 Å². The highest BCUT2D eigenvalue weighted by molar-refractivity contribution is 5.85. The molecule has 0 fully saturated rings. The molecule has 0 saturated carbocycles. The van der Waals surface area contributed by atoms with Crippen LogP contribution >= 0.6 is 12.4 Å². The predicted octanol–water partition coefficient (Wildman–Crippen LogP) is 3.15. The molecule has 0 radical (unpaired) electrons. The highest BCUT2D eigenvalue weighted by Crippen LogP contribution is 2.21. The summed E-state index contributed by atoms with van der Waals surface area (Å²) in [6.45, 7) is 0.654. The third-order valence-electron chi connectivity index (χ3n) is 2.68. The summed E-state index contributed by atoms with van der Waals surface area (Å²) in [5, 5.41) is 8.88. The number of hydrogen-bond acceptors (Lipinski definition) is 2. The van der Waals surface area contributed by atoms with Gasteiger partial charge < -0.3 is 5.73 Å². The van der Waals surface area contributed by atoms with Crippen LogP contribution in [-0.2, 0) is 6.42 Å². The summed E-state index contributed by atoms with van der Waals surface area (Å²) < 4.78 is 0. The first-order valence-electron chi connectivity index (χ1n) is 5.63. The van der Waals surface area contributed by atoms with Crippen molar-refractivity contribution in [2.24, 2.45) is 5.73 Å². The van der Waals surface area contributed by atoms with Crippen LogP contribution in [0.4, 0.5) is 0 Å². The highest BCUT2D eigenvalue weighted by Gasteiger charge is 2.00. The van der Waals surface area contributed by atoms with Gasteiger partial charge in [-0.05, 0) is 41.8 Å². The van der Waals surface area contributed by atoms with Crippen LogP contribution in [0, 0.1) is 11.3 Å². The molecular formula is C15H15ClN2. The molecule has 2 nitrogen and oxygen atoms in total. The first-order chi connectivity index (χ1) is 8.33. The van der Waals surface area contributed by atoms with Gasteiger partial charge in [0, 0.05) is 0 Å². The van der Waals surface area contributed by atoms with Crippen LogP contribution in [0.15, 0.2) is 48.5 Å². The highest BCUT2D eigenvalue weighted by atomic mass is 35.5. The van der Waals surface area contributed by atoms with Crippen LogP contribution in [0.1, 0.15) is 11.1 Å². The van der Waals surface area contributed by atoms with E-state index >= 15 is 0 Å². The number of nitriles is 1. The molecule has 0 spiro atoms. The lowest BCUT2D eigenvalue weighted by Gasteiger charge is -2.05. The first-order valence-corrected chi connectivity index (χ1v) is 5.63. The fourth-order valence-corrected chi connectivity index (χ4v) is 1.84. The summed E-state index contributed by atoms with van der Waals surface area (Å²) in [4.78, 5) is 0. The molecule has 0 aliphatic heterocycles. The van der Waals surface area contributed by atoms with Crippen molar-refractivity contribution >= 4 is 12.4 Å². The molecule has 2 N–H and O–H groups in total. The molecule has 0 aliphatic carbocycles. The lowest BCUT2D eigenvalue weighted by Crippen LogP contribution is -2.02. The van der Waals surface area contributed by atoms with E-state index in [1.54, 1.807) is 0 Å². The van der Waals surface area contributed by atoms with Gasteiger partial charge in [0.25, 0.3) is 0 Å². The van der Waals surface area contributed by atoms with Gasteiger partial charge in [0.05, 0.1) is 11.6 Å². The zero-order valence-corrected chi connectivity index (χ0v) is 10.8. The Morgan fingerprint density at radius 2 is 1.67 bits per heavy atom. The van der Waals surface area contributed by atoms with Crippen LogP contribution in [-0.4, -0.2) is 6.54 Å². The number of nitrogens with two attached hydrogens (primary N) is 1. The average molecular weight is 259 g/mol. The van der Waals surface area contributed by atoms with Gasteiger partial charge in [-0.25, -0.2) is 0 Å². The summed E-state index contributed by atoms with van der Waals surface area (Å²) in [6, 6.07) is 18.1. The molecule has 18 heavy (non-hydrogen) atoms. The van der Waals surface area contributed by atoms with E-state index in [1.807, 2.05) is 30.3 Å². The Hall–Kier alpha value is -1.82. The Kier molecular flexibility index (Phi) is 5.38. The van der Waals surface area contributed by atoms with Crippen molar-refractivity contribution < 1.29 is 0 Å². The average Bonchev–Trinajstić information content (AvgIpc) is 2.40. The van der Waals surface area contributed by atoms with E-state index in [9.17, 15) is 0 Å². The standard InChI is InChI=1S/C15H14N2.ClH/c16-8-7-12-3-1-5-14(9-12)15-6-2-4-13(10-15)11-17;/h1-6,9-10H,7-8,16H2;1H. The van der Waals surface area contributed by atoms with Crippen molar-refractivity contribution in [3.63, 3.8) is 0 Å². The van der Waals surface area contributed by atoms with E-state index in [0.717, 1.165) is 17.5 Å². The van der Waals surface area contributed by atoms with Gasteiger partial charge in [0.1, 0.15) is 0 Å². The number of hydrogen-bond donors (Lipinski definition) is 1. The Labute approximate surface area is 113 Å². The van der Waals surface area contributed by atoms with Gasteiger partial charge in [-0.15, -0.1) is 12.4 Å². The fraction of sp³-hybridized carbons (Fsp3) is 0.133. The van der Waals surface area contributed by atoms with E-state index in [1.165, 1.54) is 5.56 Å². The lowest BCUT2D eigenvalue weighted by molar-refractivity contribution is 0.969. The molecule has 0 heterocycles. The molecule has 0 saturated heterocycles. The maximum Gasteiger partial charge on any atom is 0.0991 e. The summed E-state index contributed by atoms with van der Waals surface area (Å²) in [5.41, 5.74) is 9.67. The number of rotatable bonds is 3. The Bertz CT molecular complexity index is 558. The minimum Gasteiger partial charge on any atom is -0.330 e. The minimum atomic E-state index is 0. The maximum atomic E-state index is 8.88. The second kappa shape index (κ2) is 6.80. The van der Waals surface area contributed by atoms with Crippen molar-refractivity contribution in [3.8, 4) is 17.2 Å². The van der Waals surface area contributed by atoms with Gasteiger partial charge in [-0.1, -0.05) is 36.4 Å². The van der Waals surface area contributed by atoms with Crippen LogP contribution in [0.2, 0.25) is 0 Å². The Morgan fingerprint density at radius 1 is 1.00 bits per heavy atom. The van der Waals surface area contributed by atoms with Crippen LogP contribution in [0.3, 0.4) is 0 Å². The van der Waals surface area contributed by atoms with Crippen LogP contribution < -0.4 is 5.73 Å². The normalized spacial score (nSPS) is 9.33. The van der Waals surface area contributed by atoms with E-state index in [4.69, 9.17) is 11.0 Å². The quantitative estimate of drug-likeness (QED) is 0.919. The topological polar surface area (TPSA) is 49.8 Å². The predicted molar refractivity (Wildman–Crippen MR) is 76.6 cm³/mol.